The van der Waals surface area contributed by atoms with Gasteiger partial charge in [0, 0.05) is 18.3 Å². The van der Waals surface area contributed by atoms with Crippen molar-refractivity contribution in [3.05, 3.63) is 23.9 Å². The second-order valence-corrected chi connectivity index (χ2v) is 7.94. The van der Waals surface area contributed by atoms with Crippen LogP contribution in [0.25, 0.3) is 0 Å². The molecule has 0 aromatic heterocycles. The average molecular weight is 318 g/mol. The number of hydrazone groups is 1. The molecule has 1 heterocycles. The van der Waals surface area contributed by atoms with E-state index in [0.717, 1.165) is 18.9 Å². The quantitative estimate of drug-likeness (QED) is 0.339. The van der Waals surface area contributed by atoms with Gasteiger partial charge in [0.25, 0.3) is 0 Å². The van der Waals surface area contributed by atoms with Crippen molar-refractivity contribution < 1.29 is 4.68 Å². The molecule has 0 radical (unpaired) electrons. The lowest BCUT2D eigenvalue weighted by molar-refractivity contribution is -0.581. The van der Waals surface area contributed by atoms with Crippen molar-refractivity contribution in [2.75, 3.05) is 6.54 Å². The summed E-state index contributed by atoms with van der Waals surface area (Å²) in [6.07, 6.45) is 14.6. The second kappa shape index (κ2) is 8.17. The standard InChI is InChI=1S/C21H37N2/c1-6-8-9-10-11-14-23-15-13-19(17(3)12-7-2)20(22-23)21(5)16-18(21)4/h7,14,17-18,22H,2,6,8-13,15-16H2,1,3-5H3/q+1/b23-14+. The summed E-state index contributed by atoms with van der Waals surface area (Å²) in [5, 5.41) is 0. The largest absolute Gasteiger partial charge is 0.175 e. The summed E-state index contributed by atoms with van der Waals surface area (Å²) >= 11 is 0. The third-order valence-electron chi connectivity index (χ3n) is 5.95. The Morgan fingerprint density at radius 3 is 2.74 bits per heavy atom. The Morgan fingerprint density at radius 1 is 1.39 bits per heavy atom. The zero-order valence-corrected chi connectivity index (χ0v) is 15.8. The van der Waals surface area contributed by atoms with Crippen LogP contribution in [-0.2, 0) is 0 Å². The molecular formula is C21H37N2+. The van der Waals surface area contributed by atoms with E-state index in [1.165, 1.54) is 50.6 Å². The maximum atomic E-state index is 3.93. The van der Waals surface area contributed by atoms with E-state index in [1.807, 2.05) is 0 Å². The van der Waals surface area contributed by atoms with Gasteiger partial charge in [-0.15, -0.1) is 11.3 Å². The molecule has 1 aliphatic heterocycles. The highest BCUT2D eigenvalue weighted by Crippen LogP contribution is 2.58. The first-order valence-electron chi connectivity index (χ1n) is 9.74. The molecule has 2 nitrogen and oxygen atoms in total. The summed E-state index contributed by atoms with van der Waals surface area (Å²) in [7, 11) is 0. The van der Waals surface area contributed by atoms with Gasteiger partial charge >= 0.3 is 0 Å². The summed E-state index contributed by atoms with van der Waals surface area (Å²) in [4.78, 5) is 0. The summed E-state index contributed by atoms with van der Waals surface area (Å²) < 4.78 is 2.36. The summed E-state index contributed by atoms with van der Waals surface area (Å²) in [5.74, 6) is 1.42. The van der Waals surface area contributed by atoms with E-state index in [4.69, 9.17) is 0 Å². The molecule has 23 heavy (non-hydrogen) atoms. The highest BCUT2D eigenvalue weighted by atomic mass is 15.4. The minimum atomic E-state index is 0.374. The van der Waals surface area contributed by atoms with Gasteiger partial charge in [0.1, 0.15) is 0 Å². The van der Waals surface area contributed by atoms with Crippen molar-refractivity contribution in [1.82, 2.24) is 5.43 Å². The first-order valence-corrected chi connectivity index (χ1v) is 9.74. The van der Waals surface area contributed by atoms with Crippen LogP contribution in [0, 0.1) is 17.3 Å². The van der Waals surface area contributed by atoms with Crippen LogP contribution in [0.3, 0.4) is 0 Å². The number of nitrogens with zero attached hydrogens (tertiary/aromatic N) is 1. The van der Waals surface area contributed by atoms with Crippen LogP contribution in [0.1, 0.15) is 79.1 Å². The SMILES string of the molecule is C=CCC(C)C1=C(C2(C)CC2C)N/[N+](=C/CCCCCC)CC1. The van der Waals surface area contributed by atoms with Crippen LogP contribution < -0.4 is 5.43 Å². The van der Waals surface area contributed by atoms with E-state index in [1.54, 1.807) is 5.57 Å². The van der Waals surface area contributed by atoms with Gasteiger partial charge < -0.3 is 0 Å². The van der Waals surface area contributed by atoms with Gasteiger partial charge in [0.2, 0.25) is 0 Å². The van der Waals surface area contributed by atoms with Crippen molar-refractivity contribution in [3.8, 4) is 0 Å². The summed E-state index contributed by atoms with van der Waals surface area (Å²) in [6.45, 7) is 14.5. The third kappa shape index (κ3) is 4.49. The summed E-state index contributed by atoms with van der Waals surface area (Å²) in [5.41, 5.74) is 7.33. The molecule has 0 saturated heterocycles. The average Bonchev–Trinajstić information content (AvgIpc) is 3.15. The van der Waals surface area contributed by atoms with Gasteiger partial charge in [0.15, 0.2) is 12.8 Å². The first kappa shape index (κ1) is 18.3. The minimum Gasteiger partial charge on any atom is -0.170 e. The fourth-order valence-electron chi connectivity index (χ4n) is 3.90. The Kier molecular flexibility index (Phi) is 6.50. The minimum absolute atomic E-state index is 0.374. The highest BCUT2D eigenvalue weighted by molar-refractivity contribution is 5.51. The Bertz CT molecular complexity index is 474. The van der Waals surface area contributed by atoms with Crippen molar-refractivity contribution in [1.29, 1.82) is 0 Å². The number of allylic oxidation sites excluding steroid dienone is 2. The smallest absolute Gasteiger partial charge is 0.170 e. The lowest BCUT2D eigenvalue weighted by atomic mass is 9.86. The maximum Gasteiger partial charge on any atom is 0.175 e. The van der Waals surface area contributed by atoms with Crippen LogP contribution in [-0.4, -0.2) is 17.4 Å². The Morgan fingerprint density at radius 2 is 2.13 bits per heavy atom. The molecule has 1 saturated carbocycles. The fraction of sp³-hybridized carbons (Fsp3) is 0.762. The molecule has 0 amide bonds. The van der Waals surface area contributed by atoms with Crippen molar-refractivity contribution in [2.45, 2.75) is 79.1 Å². The van der Waals surface area contributed by atoms with E-state index in [9.17, 15) is 0 Å². The van der Waals surface area contributed by atoms with E-state index in [2.05, 4.69) is 56.7 Å². The molecule has 0 aromatic carbocycles. The third-order valence-corrected chi connectivity index (χ3v) is 5.95. The molecule has 0 spiro atoms. The molecule has 3 unspecified atom stereocenters. The van der Waals surface area contributed by atoms with Crippen LogP contribution >= 0.6 is 0 Å². The zero-order valence-electron chi connectivity index (χ0n) is 15.8. The zero-order chi connectivity index (χ0) is 16.9. The molecule has 2 heteroatoms. The van der Waals surface area contributed by atoms with Gasteiger partial charge in [-0.05, 0) is 36.7 Å². The monoisotopic (exact) mass is 317 g/mol. The van der Waals surface area contributed by atoms with Gasteiger partial charge in [0.05, 0.1) is 5.70 Å². The molecule has 1 aliphatic carbocycles. The van der Waals surface area contributed by atoms with E-state index < -0.39 is 0 Å². The Hall–Kier alpha value is -1.05. The normalized spacial score (nSPS) is 30.3. The van der Waals surface area contributed by atoms with Gasteiger partial charge in [-0.2, -0.15) is 5.43 Å². The van der Waals surface area contributed by atoms with Crippen molar-refractivity contribution in [2.24, 2.45) is 17.3 Å². The number of unbranched alkanes of at least 4 members (excludes halogenated alkanes) is 4. The van der Waals surface area contributed by atoms with Gasteiger partial charge in [-0.3, -0.25) is 0 Å². The Labute approximate surface area is 143 Å². The predicted octanol–water partition coefficient (Wildman–Crippen LogP) is 5.46. The van der Waals surface area contributed by atoms with Crippen molar-refractivity contribution >= 4 is 6.21 Å². The number of hydrazine groups is 1. The molecule has 1 fully saturated rings. The summed E-state index contributed by atoms with van der Waals surface area (Å²) in [6, 6.07) is 0. The van der Waals surface area contributed by atoms with Crippen LogP contribution in [0.4, 0.5) is 0 Å². The fourth-order valence-corrected chi connectivity index (χ4v) is 3.90. The number of hydrogen-bond acceptors (Lipinski definition) is 1. The Balaban J connectivity index is 2.06. The second-order valence-electron chi connectivity index (χ2n) is 7.94. The van der Waals surface area contributed by atoms with Crippen LogP contribution in [0.15, 0.2) is 23.9 Å². The van der Waals surface area contributed by atoms with Crippen LogP contribution in [0.5, 0.6) is 0 Å². The highest BCUT2D eigenvalue weighted by Gasteiger charge is 2.53. The topological polar surface area (TPSA) is 15.0 Å². The number of nitrogens with one attached hydrogen (secondary N) is 1. The molecule has 3 atom stereocenters. The molecule has 2 aliphatic rings. The lowest BCUT2D eigenvalue weighted by Crippen LogP contribution is -2.39. The number of hydrogen-bond donors (Lipinski definition) is 1. The van der Waals surface area contributed by atoms with E-state index >= 15 is 0 Å². The van der Waals surface area contributed by atoms with Crippen molar-refractivity contribution in [3.63, 3.8) is 0 Å². The molecule has 2 rings (SSSR count). The molecule has 130 valence electrons. The van der Waals surface area contributed by atoms with Crippen LogP contribution in [0.2, 0.25) is 0 Å². The van der Waals surface area contributed by atoms with Gasteiger partial charge in [-0.1, -0.05) is 53.0 Å². The molecular weight excluding hydrogens is 280 g/mol. The number of rotatable bonds is 9. The first-order chi connectivity index (χ1) is 11.0. The molecule has 0 bridgehead atoms. The molecule has 0 aromatic rings. The predicted molar refractivity (Wildman–Crippen MR) is 101 cm³/mol. The van der Waals surface area contributed by atoms with E-state index in [0.29, 0.717) is 11.3 Å². The molecule has 1 N–H and O–H groups in total. The van der Waals surface area contributed by atoms with E-state index in [-0.39, 0.29) is 0 Å². The van der Waals surface area contributed by atoms with Gasteiger partial charge in [-0.25, -0.2) is 0 Å². The lowest BCUT2D eigenvalue weighted by Gasteiger charge is -2.28. The maximum absolute atomic E-state index is 3.93.